The van der Waals surface area contributed by atoms with Gasteiger partial charge >= 0.3 is 0 Å². The van der Waals surface area contributed by atoms with E-state index >= 15 is 0 Å². The molecule has 0 aliphatic rings. The van der Waals surface area contributed by atoms with E-state index in [-0.39, 0.29) is 5.91 Å². The average molecular weight is 254 g/mol. The Hall–Kier alpha value is -1.02. The topological polar surface area (TPSA) is 20.3 Å². The maximum absolute atomic E-state index is 12.0. The average Bonchev–Trinajstić information content (AvgIpc) is 2.36. The van der Waals surface area contributed by atoms with Crippen LogP contribution in [-0.4, -0.2) is 18.3 Å². The van der Waals surface area contributed by atoms with Gasteiger partial charge in [-0.1, -0.05) is 38.0 Å². The number of alkyl halides is 1. The van der Waals surface area contributed by atoms with Gasteiger partial charge in [0.25, 0.3) is 0 Å². The van der Waals surface area contributed by atoms with Crippen LogP contribution in [0.4, 0.5) is 5.69 Å². The van der Waals surface area contributed by atoms with Gasteiger partial charge in [-0.05, 0) is 18.6 Å². The molecule has 2 nitrogen and oxygen atoms in total. The molecule has 1 amide bonds. The first-order valence-corrected chi connectivity index (χ1v) is 6.74. The zero-order chi connectivity index (χ0) is 12.5. The third-order valence-corrected chi connectivity index (χ3v) is 2.85. The first kappa shape index (κ1) is 14.0. The predicted octanol–water partition coefficient (Wildman–Crippen LogP) is 3.84. The van der Waals surface area contributed by atoms with Crippen molar-refractivity contribution in [3.8, 4) is 0 Å². The number of hydrogen-bond donors (Lipinski definition) is 0. The van der Waals surface area contributed by atoms with Crippen LogP contribution in [0.3, 0.4) is 0 Å². The molecular weight excluding hydrogens is 234 g/mol. The Bertz CT molecular complexity index is 326. The first-order valence-electron chi connectivity index (χ1n) is 6.21. The summed E-state index contributed by atoms with van der Waals surface area (Å²) in [6.07, 6.45) is 3.76. The van der Waals surface area contributed by atoms with Crippen LogP contribution in [-0.2, 0) is 4.79 Å². The molecule has 0 heterocycles. The highest BCUT2D eigenvalue weighted by Gasteiger charge is 2.13. The Balaban J connectivity index is 2.68. The Morgan fingerprint density at radius 1 is 1.24 bits per heavy atom. The molecule has 0 fully saturated rings. The van der Waals surface area contributed by atoms with Gasteiger partial charge in [0.15, 0.2) is 0 Å². The number of unbranched alkanes of at least 4 members (excludes halogenated alkanes) is 2. The second-order valence-corrected chi connectivity index (χ2v) is 4.40. The number of para-hydroxylation sites is 1. The smallest absolute Gasteiger partial charge is 0.228 e. The summed E-state index contributed by atoms with van der Waals surface area (Å²) in [7, 11) is 0. The Morgan fingerprint density at radius 3 is 2.53 bits per heavy atom. The standard InChI is InChI=1S/C14H20ClNO/c1-2-3-7-12-16(14(17)10-11-15)13-8-5-4-6-9-13/h4-6,8-9H,2-3,7,10-12H2,1H3. The molecule has 0 unspecified atom stereocenters. The molecule has 0 radical (unpaired) electrons. The van der Waals surface area contributed by atoms with Crippen LogP contribution in [0.5, 0.6) is 0 Å². The molecule has 0 bridgehead atoms. The number of benzene rings is 1. The first-order chi connectivity index (χ1) is 8.29. The quantitative estimate of drug-likeness (QED) is 0.534. The molecule has 0 aliphatic carbocycles. The number of amides is 1. The molecule has 1 aromatic carbocycles. The van der Waals surface area contributed by atoms with Gasteiger partial charge in [0.2, 0.25) is 5.91 Å². The zero-order valence-electron chi connectivity index (χ0n) is 10.4. The lowest BCUT2D eigenvalue weighted by molar-refractivity contribution is -0.118. The summed E-state index contributed by atoms with van der Waals surface area (Å²) in [4.78, 5) is 13.8. The minimum Gasteiger partial charge on any atom is -0.312 e. The molecule has 3 heteroatoms. The number of carbonyl (C=O) groups is 1. The van der Waals surface area contributed by atoms with E-state index in [0.717, 1.165) is 31.5 Å². The number of halogens is 1. The van der Waals surface area contributed by atoms with E-state index in [4.69, 9.17) is 11.6 Å². The fourth-order valence-electron chi connectivity index (χ4n) is 1.74. The zero-order valence-corrected chi connectivity index (χ0v) is 11.1. The minimum atomic E-state index is 0.113. The van der Waals surface area contributed by atoms with Crippen LogP contribution < -0.4 is 4.90 Å². The molecule has 0 N–H and O–H groups in total. The molecule has 0 aliphatic heterocycles. The number of rotatable bonds is 7. The van der Waals surface area contributed by atoms with Crippen molar-refractivity contribution in [2.75, 3.05) is 17.3 Å². The summed E-state index contributed by atoms with van der Waals surface area (Å²) in [5, 5.41) is 0. The minimum absolute atomic E-state index is 0.113. The molecule has 17 heavy (non-hydrogen) atoms. The monoisotopic (exact) mass is 253 g/mol. The number of nitrogens with zero attached hydrogens (tertiary/aromatic N) is 1. The molecule has 0 saturated carbocycles. The maximum atomic E-state index is 12.0. The second kappa shape index (κ2) is 8.13. The number of hydrogen-bond acceptors (Lipinski definition) is 1. The van der Waals surface area contributed by atoms with Gasteiger partial charge < -0.3 is 4.90 Å². The highest BCUT2D eigenvalue weighted by Crippen LogP contribution is 2.16. The van der Waals surface area contributed by atoms with E-state index in [2.05, 4.69) is 6.92 Å². The maximum Gasteiger partial charge on any atom is 0.228 e. The molecule has 0 spiro atoms. The van der Waals surface area contributed by atoms with Gasteiger partial charge in [0.1, 0.15) is 0 Å². The normalized spacial score (nSPS) is 10.2. The summed E-state index contributed by atoms with van der Waals surface area (Å²) in [5.41, 5.74) is 0.971. The van der Waals surface area contributed by atoms with E-state index in [1.165, 1.54) is 0 Å². The molecule has 1 rings (SSSR count). The SMILES string of the molecule is CCCCCN(C(=O)CCCl)c1ccccc1. The summed E-state index contributed by atoms with van der Waals surface area (Å²) in [5.74, 6) is 0.498. The van der Waals surface area contributed by atoms with E-state index in [1.807, 2.05) is 35.2 Å². The van der Waals surface area contributed by atoms with Crippen molar-refractivity contribution in [3.63, 3.8) is 0 Å². The third-order valence-electron chi connectivity index (χ3n) is 2.66. The molecule has 94 valence electrons. The Kier molecular flexibility index (Phi) is 6.71. The molecule has 0 saturated heterocycles. The highest BCUT2D eigenvalue weighted by atomic mass is 35.5. The van der Waals surface area contributed by atoms with Crippen LogP contribution in [0.15, 0.2) is 30.3 Å². The fourth-order valence-corrected chi connectivity index (χ4v) is 1.90. The van der Waals surface area contributed by atoms with Gasteiger partial charge in [0.05, 0.1) is 0 Å². The fraction of sp³-hybridized carbons (Fsp3) is 0.500. The van der Waals surface area contributed by atoms with E-state index in [0.29, 0.717) is 12.3 Å². The third kappa shape index (κ3) is 4.78. The molecule has 0 aromatic heterocycles. The van der Waals surface area contributed by atoms with Crippen molar-refractivity contribution in [2.24, 2.45) is 0 Å². The van der Waals surface area contributed by atoms with E-state index in [1.54, 1.807) is 0 Å². The summed E-state index contributed by atoms with van der Waals surface area (Å²) in [6.45, 7) is 2.95. The summed E-state index contributed by atoms with van der Waals surface area (Å²) >= 11 is 5.64. The molecule has 1 aromatic rings. The lowest BCUT2D eigenvalue weighted by Crippen LogP contribution is -2.32. The summed E-state index contributed by atoms with van der Waals surface area (Å²) in [6, 6.07) is 9.81. The van der Waals surface area contributed by atoms with Crippen molar-refractivity contribution in [1.29, 1.82) is 0 Å². The molecule has 0 atom stereocenters. The number of anilines is 1. The van der Waals surface area contributed by atoms with Crippen LogP contribution in [0, 0.1) is 0 Å². The van der Waals surface area contributed by atoms with E-state index in [9.17, 15) is 4.79 Å². The largest absolute Gasteiger partial charge is 0.312 e. The second-order valence-electron chi connectivity index (χ2n) is 4.03. The van der Waals surface area contributed by atoms with Crippen LogP contribution >= 0.6 is 11.6 Å². The van der Waals surface area contributed by atoms with Crippen molar-refractivity contribution >= 4 is 23.2 Å². The van der Waals surface area contributed by atoms with Gasteiger partial charge in [-0.2, -0.15) is 0 Å². The van der Waals surface area contributed by atoms with Gasteiger partial charge in [-0.3, -0.25) is 4.79 Å². The lowest BCUT2D eigenvalue weighted by atomic mass is 10.2. The van der Waals surface area contributed by atoms with Gasteiger partial charge in [0, 0.05) is 24.5 Å². The van der Waals surface area contributed by atoms with E-state index < -0.39 is 0 Å². The van der Waals surface area contributed by atoms with Crippen molar-refractivity contribution in [3.05, 3.63) is 30.3 Å². The van der Waals surface area contributed by atoms with Crippen LogP contribution in [0.2, 0.25) is 0 Å². The van der Waals surface area contributed by atoms with Gasteiger partial charge in [-0.15, -0.1) is 11.6 Å². The summed E-state index contributed by atoms with van der Waals surface area (Å²) < 4.78 is 0. The highest BCUT2D eigenvalue weighted by molar-refractivity contribution is 6.19. The van der Waals surface area contributed by atoms with Crippen molar-refractivity contribution < 1.29 is 4.79 Å². The van der Waals surface area contributed by atoms with Crippen LogP contribution in [0.25, 0.3) is 0 Å². The van der Waals surface area contributed by atoms with Crippen molar-refractivity contribution in [1.82, 2.24) is 0 Å². The molecular formula is C14H20ClNO. The van der Waals surface area contributed by atoms with Crippen molar-refractivity contribution in [2.45, 2.75) is 32.6 Å². The Labute approximate surface area is 109 Å². The van der Waals surface area contributed by atoms with Crippen LogP contribution in [0.1, 0.15) is 32.6 Å². The number of carbonyl (C=O) groups excluding carboxylic acids is 1. The Morgan fingerprint density at radius 2 is 1.94 bits per heavy atom. The predicted molar refractivity (Wildman–Crippen MR) is 73.7 cm³/mol. The lowest BCUT2D eigenvalue weighted by Gasteiger charge is -2.22. The van der Waals surface area contributed by atoms with Gasteiger partial charge in [-0.25, -0.2) is 0 Å².